The monoisotopic (exact) mass is 513 g/mol. The molecule has 1 saturated heterocycles. The fourth-order valence-corrected chi connectivity index (χ4v) is 4.54. The predicted molar refractivity (Wildman–Crippen MR) is 143 cm³/mol. The molecule has 9 nitrogen and oxygen atoms in total. The molecule has 38 heavy (non-hydrogen) atoms. The standard InChI is InChI=1S/C29H27N3O6/c1-16(2)38-21-10-6-8-18(14-21)26(33)24-25(17-7-5-9-19(13-17)36-3)32(28(35)27(24)34)29-30-22-12-11-20(37-4)15-23(22)31-29/h5-16,25,33H,1-4H3,(H,30,31)/b26-24+. The van der Waals surface area contributed by atoms with E-state index < -0.39 is 17.7 Å². The topological polar surface area (TPSA) is 114 Å². The van der Waals surface area contributed by atoms with Gasteiger partial charge in [0.05, 0.1) is 43.0 Å². The maximum atomic E-state index is 13.5. The molecule has 0 aliphatic carbocycles. The first-order valence-electron chi connectivity index (χ1n) is 12.1. The van der Waals surface area contributed by atoms with Gasteiger partial charge < -0.3 is 24.3 Å². The predicted octanol–water partition coefficient (Wildman–Crippen LogP) is 4.99. The van der Waals surface area contributed by atoms with Crippen LogP contribution in [0.3, 0.4) is 0 Å². The lowest BCUT2D eigenvalue weighted by molar-refractivity contribution is -0.132. The summed E-state index contributed by atoms with van der Waals surface area (Å²) in [6.07, 6.45) is -0.0820. The fraction of sp³-hybridized carbons (Fsp3) is 0.207. The van der Waals surface area contributed by atoms with Crippen molar-refractivity contribution in [3.8, 4) is 17.2 Å². The summed E-state index contributed by atoms with van der Waals surface area (Å²) in [5, 5.41) is 11.4. The second-order valence-corrected chi connectivity index (χ2v) is 9.08. The summed E-state index contributed by atoms with van der Waals surface area (Å²) in [5.41, 5.74) is 2.07. The lowest BCUT2D eigenvalue weighted by atomic mass is 9.95. The summed E-state index contributed by atoms with van der Waals surface area (Å²) in [5.74, 6) is -0.118. The largest absolute Gasteiger partial charge is 0.507 e. The molecule has 0 radical (unpaired) electrons. The van der Waals surface area contributed by atoms with Crippen molar-refractivity contribution in [3.05, 3.63) is 83.4 Å². The average Bonchev–Trinajstić information content (AvgIpc) is 3.45. The molecule has 1 fully saturated rings. The van der Waals surface area contributed by atoms with Crippen LogP contribution in [-0.2, 0) is 9.59 Å². The number of rotatable bonds is 7. The number of aromatic nitrogens is 2. The number of benzene rings is 3. The third-order valence-electron chi connectivity index (χ3n) is 6.24. The van der Waals surface area contributed by atoms with E-state index in [-0.39, 0.29) is 23.4 Å². The molecule has 9 heteroatoms. The molecule has 0 spiro atoms. The van der Waals surface area contributed by atoms with Gasteiger partial charge in [0, 0.05) is 11.6 Å². The molecule has 0 saturated carbocycles. The Labute approximate surface area is 219 Å². The van der Waals surface area contributed by atoms with E-state index in [0.717, 1.165) is 0 Å². The molecule has 1 aliphatic rings. The van der Waals surface area contributed by atoms with Crippen LogP contribution in [0.2, 0.25) is 0 Å². The molecular weight excluding hydrogens is 486 g/mol. The number of imidazole rings is 1. The molecule has 5 rings (SSSR count). The number of nitrogens with one attached hydrogen (secondary N) is 1. The van der Waals surface area contributed by atoms with Crippen LogP contribution in [0, 0.1) is 0 Å². The number of methoxy groups -OCH3 is 2. The molecule has 4 aromatic rings. The van der Waals surface area contributed by atoms with E-state index in [1.54, 1.807) is 73.8 Å². The SMILES string of the molecule is COc1cccc(C2/C(=C(\O)c3cccc(OC(C)C)c3)C(=O)C(=O)N2c2nc3ccc(OC)cc3[nH]2)c1. The van der Waals surface area contributed by atoms with Crippen molar-refractivity contribution in [2.45, 2.75) is 26.0 Å². The number of ether oxygens (including phenoxy) is 3. The highest BCUT2D eigenvalue weighted by molar-refractivity contribution is 6.51. The first-order valence-corrected chi connectivity index (χ1v) is 12.1. The van der Waals surface area contributed by atoms with Crippen molar-refractivity contribution in [1.82, 2.24) is 9.97 Å². The van der Waals surface area contributed by atoms with Crippen molar-refractivity contribution >= 4 is 34.4 Å². The minimum atomic E-state index is -0.970. The Bertz CT molecular complexity index is 1570. The van der Waals surface area contributed by atoms with Crippen LogP contribution in [0.1, 0.15) is 31.0 Å². The molecule has 2 N–H and O–H groups in total. The smallest absolute Gasteiger partial charge is 0.302 e. The van der Waals surface area contributed by atoms with E-state index >= 15 is 0 Å². The number of amides is 1. The van der Waals surface area contributed by atoms with Crippen LogP contribution in [0.25, 0.3) is 16.8 Å². The number of fused-ring (bicyclic) bond motifs is 1. The van der Waals surface area contributed by atoms with Gasteiger partial charge in [0.25, 0.3) is 5.78 Å². The summed E-state index contributed by atoms with van der Waals surface area (Å²) < 4.78 is 16.5. The van der Waals surface area contributed by atoms with Crippen LogP contribution >= 0.6 is 0 Å². The molecule has 1 aliphatic heterocycles. The number of hydrogen-bond donors (Lipinski definition) is 2. The first kappa shape index (κ1) is 24.9. The van der Waals surface area contributed by atoms with Crippen molar-refractivity contribution in [2.24, 2.45) is 0 Å². The number of aliphatic hydroxyl groups excluding tert-OH is 1. The number of aromatic amines is 1. The zero-order chi connectivity index (χ0) is 27.0. The second-order valence-electron chi connectivity index (χ2n) is 9.08. The van der Waals surface area contributed by atoms with Gasteiger partial charge in [-0.05, 0) is 55.8 Å². The van der Waals surface area contributed by atoms with Crippen molar-refractivity contribution in [2.75, 3.05) is 19.1 Å². The van der Waals surface area contributed by atoms with Crippen molar-refractivity contribution < 1.29 is 28.9 Å². The highest BCUT2D eigenvalue weighted by Crippen LogP contribution is 2.42. The number of carbonyl (C=O) groups is 2. The van der Waals surface area contributed by atoms with E-state index in [1.165, 1.54) is 12.0 Å². The van der Waals surface area contributed by atoms with E-state index in [4.69, 9.17) is 14.2 Å². The molecule has 2 heterocycles. The second kappa shape index (κ2) is 9.93. The highest BCUT2D eigenvalue weighted by Gasteiger charge is 2.48. The molecule has 1 amide bonds. The number of aliphatic hydroxyl groups is 1. The number of nitrogens with zero attached hydrogens (tertiary/aromatic N) is 2. The summed E-state index contributed by atoms with van der Waals surface area (Å²) >= 11 is 0. The Morgan fingerprint density at radius 2 is 1.66 bits per heavy atom. The number of H-pyrrole nitrogens is 1. The van der Waals surface area contributed by atoms with Gasteiger partial charge in [-0.2, -0.15) is 0 Å². The van der Waals surface area contributed by atoms with E-state index in [2.05, 4.69) is 9.97 Å². The molecule has 194 valence electrons. The number of ketones is 1. The Morgan fingerprint density at radius 3 is 2.39 bits per heavy atom. The van der Waals surface area contributed by atoms with Gasteiger partial charge in [0.15, 0.2) is 0 Å². The summed E-state index contributed by atoms with van der Waals surface area (Å²) in [7, 11) is 3.09. The first-order chi connectivity index (χ1) is 18.3. The van der Waals surface area contributed by atoms with Gasteiger partial charge >= 0.3 is 5.91 Å². The summed E-state index contributed by atoms with van der Waals surface area (Å²) in [6, 6.07) is 18.1. The Hall–Kier alpha value is -4.79. The number of hydrogen-bond acceptors (Lipinski definition) is 7. The zero-order valence-electron chi connectivity index (χ0n) is 21.4. The van der Waals surface area contributed by atoms with Crippen LogP contribution in [0.4, 0.5) is 5.95 Å². The Morgan fingerprint density at radius 1 is 0.947 bits per heavy atom. The highest BCUT2D eigenvalue weighted by atomic mass is 16.5. The van der Waals surface area contributed by atoms with Crippen LogP contribution in [-0.4, -0.2) is 47.1 Å². The summed E-state index contributed by atoms with van der Waals surface area (Å²) in [6.45, 7) is 3.79. The van der Waals surface area contributed by atoms with E-state index in [9.17, 15) is 14.7 Å². The van der Waals surface area contributed by atoms with Gasteiger partial charge in [0.2, 0.25) is 5.95 Å². The normalized spacial score (nSPS) is 16.9. The lowest BCUT2D eigenvalue weighted by Crippen LogP contribution is -2.30. The van der Waals surface area contributed by atoms with Gasteiger partial charge in [-0.25, -0.2) is 4.98 Å². The maximum Gasteiger partial charge on any atom is 0.302 e. The summed E-state index contributed by atoms with van der Waals surface area (Å²) in [4.78, 5) is 35.9. The van der Waals surface area contributed by atoms with Gasteiger partial charge in [-0.1, -0.05) is 24.3 Å². The molecule has 1 aromatic heterocycles. The number of Topliss-reactive ketones (excluding diaryl/α,β-unsaturated/α-hetero) is 1. The van der Waals surface area contributed by atoms with Crippen LogP contribution < -0.4 is 19.1 Å². The van der Waals surface area contributed by atoms with Gasteiger partial charge in [0.1, 0.15) is 23.0 Å². The quantitative estimate of drug-likeness (QED) is 0.203. The van der Waals surface area contributed by atoms with Crippen molar-refractivity contribution in [1.29, 1.82) is 0 Å². The van der Waals surface area contributed by atoms with Gasteiger partial charge in [-0.15, -0.1) is 0 Å². The average molecular weight is 514 g/mol. The maximum absolute atomic E-state index is 13.5. The van der Waals surface area contributed by atoms with E-state index in [0.29, 0.717) is 39.4 Å². The van der Waals surface area contributed by atoms with Gasteiger partial charge in [-0.3, -0.25) is 14.5 Å². The fourth-order valence-electron chi connectivity index (χ4n) is 4.54. The third kappa shape index (κ3) is 4.43. The van der Waals surface area contributed by atoms with Crippen LogP contribution in [0.5, 0.6) is 17.2 Å². The minimum absolute atomic E-state index is 0.0667. The zero-order valence-corrected chi connectivity index (χ0v) is 21.4. The Kier molecular flexibility index (Phi) is 6.50. The van der Waals surface area contributed by atoms with E-state index in [1.807, 2.05) is 13.8 Å². The van der Waals surface area contributed by atoms with Crippen molar-refractivity contribution in [3.63, 3.8) is 0 Å². The minimum Gasteiger partial charge on any atom is -0.507 e. The number of anilines is 1. The number of carbonyl (C=O) groups excluding carboxylic acids is 2. The third-order valence-corrected chi connectivity index (χ3v) is 6.24. The molecule has 0 bridgehead atoms. The molecule has 1 atom stereocenters. The Balaban J connectivity index is 1.70. The molecular formula is C29H27N3O6. The molecule has 1 unspecified atom stereocenters. The van der Waals surface area contributed by atoms with Crippen LogP contribution in [0.15, 0.2) is 72.3 Å². The molecule has 3 aromatic carbocycles. The lowest BCUT2D eigenvalue weighted by Gasteiger charge is -2.23.